The standard InChI is InChI=1S/C25H28N4O5S/c1-4-29(5-2)35(33,34)18-10-11-21-19(13-18)20(14-23(30)27-21)25(32)28-22-12-16(7-6-15(22)3)24(31)26-17-8-9-17/h6-7,10-14,17H,4-5,8-9H2,1-3H3,(H,26,31)(H,27,30)(H,28,32). The predicted octanol–water partition coefficient (Wildman–Crippen LogP) is 3.01. The van der Waals surface area contributed by atoms with Crippen LogP contribution in [0.5, 0.6) is 0 Å². The molecule has 0 aliphatic heterocycles. The van der Waals surface area contributed by atoms with E-state index in [2.05, 4.69) is 15.6 Å². The number of rotatable bonds is 8. The van der Waals surface area contributed by atoms with Gasteiger partial charge < -0.3 is 15.6 Å². The third-order valence-electron chi connectivity index (χ3n) is 6.06. The first kappa shape index (κ1) is 24.6. The van der Waals surface area contributed by atoms with Crippen molar-refractivity contribution in [3.05, 3.63) is 69.5 Å². The van der Waals surface area contributed by atoms with Crippen LogP contribution in [0.1, 0.15) is 53.0 Å². The van der Waals surface area contributed by atoms with Crippen LogP contribution in [0.2, 0.25) is 0 Å². The molecule has 1 aliphatic rings. The molecule has 184 valence electrons. The molecule has 1 saturated carbocycles. The van der Waals surface area contributed by atoms with E-state index in [0.29, 0.717) is 35.2 Å². The highest BCUT2D eigenvalue weighted by atomic mass is 32.2. The van der Waals surface area contributed by atoms with Crippen LogP contribution >= 0.6 is 0 Å². The summed E-state index contributed by atoms with van der Waals surface area (Å²) in [6.07, 6.45) is 1.92. The lowest BCUT2D eigenvalue weighted by Gasteiger charge is -2.19. The van der Waals surface area contributed by atoms with Crippen molar-refractivity contribution in [2.75, 3.05) is 18.4 Å². The number of hydrogen-bond acceptors (Lipinski definition) is 5. The van der Waals surface area contributed by atoms with E-state index < -0.39 is 21.5 Å². The molecular formula is C25H28N4O5S. The first-order valence-electron chi connectivity index (χ1n) is 11.5. The van der Waals surface area contributed by atoms with E-state index in [-0.39, 0.29) is 22.4 Å². The minimum Gasteiger partial charge on any atom is -0.349 e. The van der Waals surface area contributed by atoms with Crippen molar-refractivity contribution < 1.29 is 18.0 Å². The van der Waals surface area contributed by atoms with Gasteiger partial charge in [-0.3, -0.25) is 14.4 Å². The van der Waals surface area contributed by atoms with Gasteiger partial charge in [-0.15, -0.1) is 0 Å². The number of benzene rings is 2. The summed E-state index contributed by atoms with van der Waals surface area (Å²) in [7, 11) is -3.77. The Labute approximate surface area is 203 Å². The minimum absolute atomic E-state index is 0.0322. The van der Waals surface area contributed by atoms with Crippen molar-refractivity contribution in [3.63, 3.8) is 0 Å². The van der Waals surface area contributed by atoms with Crippen molar-refractivity contribution in [2.24, 2.45) is 0 Å². The highest BCUT2D eigenvalue weighted by Gasteiger charge is 2.25. The topological polar surface area (TPSA) is 128 Å². The first-order valence-corrected chi connectivity index (χ1v) is 13.0. The molecule has 0 spiro atoms. The molecule has 9 nitrogen and oxygen atoms in total. The second-order valence-electron chi connectivity index (χ2n) is 8.58. The zero-order chi connectivity index (χ0) is 25.3. The van der Waals surface area contributed by atoms with E-state index in [0.717, 1.165) is 24.5 Å². The van der Waals surface area contributed by atoms with Gasteiger partial charge in [-0.1, -0.05) is 19.9 Å². The van der Waals surface area contributed by atoms with Crippen LogP contribution in [0.3, 0.4) is 0 Å². The molecule has 10 heteroatoms. The van der Waals surface area contributed by atoms with Gasteiger partial charge in [0.2, 0.25) is 15.6 Å². The summed E-state index contributed by atoms with van der Waals surface area (Å²) in [5.74, 6) is -0.794. The Balaban J connectivity index is 1.72. The van der Waals surface area contributed by atoms with Crippen LogP contribution in [0, 0.1) is 6.92 Å². The van der Waals surface area contributed by atoms with E-state index in [1.165, 1.54) is 22.5 Å². The molecule has 3 aromatic rings. The van der Waals surface area contributed by atoms with Gasteiger partial charge in [-0.25, -0.2) is 8.42 Å². The number of carbonyl (C=O) groups excluding carboxylic acids is 2. The predicted molar refractivity (Wildman–Crippen MR) is 134 cm³/mol. The zero-order valence-electron chi connectivity index (χ0n) is 19.8. The Bertz CT molecular complexity index is 1470. The molecule has 0 atom stereocenters. The number of aromatic nitrogens is 1. The lowest BCUT2D eigenvalue weighted by atomic mass is 10.1. The summed E-state index contributed by atoms with van der Waals surface area (Å²) in [5.41, 5.74) is 1.47. The number of nitrogens with one attached hydrogen (secondary N) is 3. The summed E-state index contributed by atoms with van der Waals surface area (Å²) in [5, 5.41) is 6.00. The average molecular weight is 497 g/mol. The maximum absolute atomic E-state index is 13.3. The monoisotopic (exact) mass is 496 g/mol. The molecule has 2 amide bonds. The van der Waals surface area contributed by atoms with Crippen LogP contribution in [-0.4, -0.2) is 48.7 Å². The highest BCUT2D eigenvalue weighted by Crippen LogP contribution is 2.25. The number of anilines is 1. The van der Waals surface area contributed by atoms with Crippen molar-refractivity contribution in [1.29, 1.82) is 0 Å². The number of H-pyrrole nitrogens is 1. The van der Waals surface area contributed by atoms with Gasteiger partial charge in [0.05, 0.1) is 10.5 Å². The first-order chi connectivity index (χ1) is 16.6. The van der Waals surface area contributed by atoms with Gasteiger partial charge in [0.15, 0.2) is 0 Å². The van der Waals surface area contributed by atoms with E-state index >= 15 is 0 Å². The lowest BCUT2D eigenvalue weighted by molar-refractivity contribution is 0.0949. The Kier molecular flexibility index (Phi) is 6.77. The van der Waals surface area contributed by atoms with Crippen LogP contribution in [0.25, 0.3) is 10.9 Å². The molecular weight excluding hydrogens is 468 g/mol. The van der Waals surface area contributed by atoms with Gasteiger partial charge in [-0.05, 0) is 55.7 Å². The lowest BCUT2D eigenvalue weighted by Crippen LogP contribution is -2.30. The minimum atomic E-state index is -3.77. The van der Waals surface area contributed by atoms with Crippen molar-refractivity contribution in [1.82, 2.24) is 14.6 Å². The normalized spacial score (nSPS) is 13.7. The Morgan fingerprint density at radius 3 is 2.40 bits per heavy atom. The Hall–Kier alpha value is -3.50. The fourth-order valence-corrected chi connectivity index (χ4v) is 5.36. The maximum atomic E-state index is 13.3. The summed E-state index contributed by atoms with van der Waals surface area (Å²) in [6, 6.07) is 10.7. The number of sulfonamides is 1. The Morgan fingerprint density at radius 1 is 1.03 bits per heavy atom. The number of hydrogen-bond donors (Lipinski definition) is 3. The van der Waals surface area contributed by atoms with Gasteiger partial charge >= 0.3 is 0 Å². The summed E-state index contributed by atoms with van der Waals surface area (Å²) in [6.45, 7) is 5.90. The van der Waals surface area contributed by atoms with E-state index in [1.807, 2.05) is 0 Å². The molecule has 0 unspecified atom stereocenters. The number of pyridine rings is 1. The third kappa shape index (κ3) is 5.13. The van der Waals surface area contributed by atoms with Crippen LogP contribution in [-0.2, 0) is 10.0 Å². The van der Waals surface area contributed by atoms with Gasteiger partial charge in [0.25, 0.3) is 11.8 Å². The van der Waals surface area contributed by atoms with Crippen LogP contribution in [0.15, 0.2) is 52.2 Å². The van der Waals surface area contributed by atoms with Gasteiger partial charge in [0, 0.05) is 47.4 Å². The number of fused-ring (bicyclic) bond motifs is 1. The van der Waals surface area contributed by atoms with Gasteiger partial charge in [-0.2, -0.15) is 4.31 Å². The molecule has 3 N–H and O–H groups in total. The fraction of sp³-hybridized carbons (Fsp3) is 0.320. The van der Waals surface area contributed by atoms with E-state index in [9.17, 15) is 22.8 Å². The quantitative estimate of drug-likeness (QED) is 0.442. The molecule has 0 saturated heterocycles. The summed E-state index contributed by atoms with van der Waals surface area (Å²) >= 11 is 0. The highest BCUT2D eigenvalue weighted by molar-refractivity contribution is 7.89. The number of amides is 2. The summed E-state index contributed by atoms with van der Waals surface area (Å²) in [4.78, 5) is 40.7. The zero-order valence-corrected chi connectivity index (χ0v) is 20.7. The van der Waals surface area contributed by atoms with Crippen molar-refractivity contribution >= 4 is 38.4 Å². The third-order valence-corrected chi connectivity index (χ3v) is 8.11. The molecule has 4 rings (SSSR count). The number of nitrogens with zero attached hydrogens (tertiary/aromatic N) is 1. The largest absolute Gasteiger partial charge is 0.349 e. The molecule has 2 aromatic carbocycles. The van der Waals surface area contributed by atoms with E-state index in [1.54, 1.807) is 39.0 Å². The van der Waals surface area contributed by atoms with E-state index in [4.69, 9.17) is 0 Å². The van der Waals surface area contributed by atoms with Gasteiger partial charge in [0.1, 0.15) is 0 Å². The van der Waals surface area contributed by atoms with Crippen LogP contribution < -0.4 is 16.2 Å². The second kappa shape index (κ2) is 9.63. The SMILES string of the molecule is CCN(CC)S(=O)(=O)c1ccc2[nH]c(=O)cc(C(=O)Nc3cc(C(=O)NC4CC4)ccc3C)c2c1. The smallest absolute Gasteiger partial charge is 0.256 e. The number of carbonyl (C=O) groups is 2. The molecule has 0 radical (unpaired) electrons. The molecule has 0 bridgehead atoms. The molecule has 1 fully saturated rings. The molecule has 1 aromatic heterocycles. The second-order valence-corrected chi connectivity index (χ2v) is 10.5. The Morgan fingerprint density at radius 2 is 1.74 bits per heavy atom. The molecule has 1 aliphatic carbocycles. The average Bonchev–Trinajstić information content (AvgIpc) is 3.64. The van der Waals surface area contributed by atoms with Crippen LogP contribution in [0.4, 0.5) is 5.69 Å². The number of aromatic amines is 1. The molecule has 35 heavy (non-hydrogen) atoms. The van der Waals surface area contributed by atoms with Crippen molar-refractivity contribution in [3.8, 4) is 0 Å². The summed E-state index contributed by atoms with van der Waals surface area (Å²) < 4.78 is 27.4. The number of aryl methyl sites for hydroxylation is 1. The fourth-order valence-electron chi connectivity index (χ4n) is 3.88. The maximum Gasteiger partial charge on any atom is 0.256 e. The molecule has 1 heterocycles. The van der Waals surface area contributed by atoms with Crippen molar-refractivity contribution in [2.45, 2.75) is 44.6 Å².